The average molecular weight is 316 g/mol. The third-order valence-corrected chi connectivity index (χ3v) is 4.76. The molecule has 0 saturated carbocycles. The number of pyridine rings is 1. The van der Waals surface area contributed by atoms with Crippen LogP contribution in [0, 0.1) is 6.92 Å². The fraction of sp³-hybridized carbons (Fsp3) is 0.333. The summed E-state index contributed by atoms with van der Waals surface area (Å²) in [4.78, 5) is 34.3. The highest BCUT2D eigenvalue weighted by Crippen LogP contribution is 2.34. The Balaban J connectivity index is 1.87. The first-order valence-corrected chi connectivity index (χ1v) is 7.93. The van der Waals surface area contributed by atoms with Crippen LogP contribution in [0.2, 0.25) is 0 Å². The lowest BCUT2D eigenvalue weighted by Crippen LogP contribution is -2.31. The van der Waals surface area contributed by atoms with Crippen molar-refractivity contribution < 1.29 is 9.59 Å². The van der Waals surface area contributed by atoms with Crippen LogP contribution in [0.15, 0.2) is 23.7 Å². The molecule has 1 aliphatic heterocycles. The van der Waals surface area contributed by atoms with Gasteiger partial charge in [-0.3, -0.25) is 14.6 Å². The van der Waals surface area contributed by atoms with E-state index in [0.29, 0.717) is 12.1 Å². The summed E-state index contributed by atoms with van der Waals surface area (Å²) in [5, 5.41) is 2.94. The van der Waals surface area contributed by atoms with Crippen LogP contribution in [0.5, 0.6) is 0 Å². The van der Waals surface area contributed by atoms with Gasteiger partial charge in [-0.25, -0.2) is 4.98 Å². The molecule has 1 saturated heterocycles. The van der Waals surface area contributed by atoms with Crippen LogP contribution in [-0.2, 0) is 0 Å². The number of nitrogens with zero attached hydrogens (tertiary/aromatic N) is 3. The van der Waals surface area contributed by atoms with E-state index in [1.807, 2.05) is 12.3 Å². The van der Waals surface area contributed by atoms with Crippen LogP contribution in [-0.4, -0.2) is 33.2 Å². The predicted molar refractivity (Wildman–Crippen MR) is 82.6 cm³/mol. The third-order valence-electron chi connectivity index (χ3n) is 3.70. The van der Waals surface area contributed by atoms with Crippen LogP contribution in [0.3, 0.4) is 0 Å². The summed E-state index contributed by atoms with van der Waals surface area (Å²) >= 11 is 1.57. The van der Waals surface area contributed by atoms with Gasteiger partial charge in [0, 0.05) is 29.4 Å². The Morgan fingerprint density at radius 2 is 2.27 bits per heavy atom. The standard InChI is InChI=1S/C15H16N4O2S/c1-9-8-22-14(18-9)12-3-2-6-19(12)15(21)11-7-10(13(16)20)4-5-17-11/h4-5,7-8,12H,2-3,6H2,1H3,(H2,16,20). The van der Waals surface area contributed by atoms with E-state index in [1.54, 1.807) is 16.2 Å². The van der Waals surface area contributed by atoms with Crippen molar-refractivity contribution in [1.29, 1.82) is 0 Å². The lowest BCUT2D eigenvalue weighted by Gasteiger charge is -2.22. The predicted octanol–water partition coefficient (Wildman–Crippen LogP) is 1.92. The van der Waals surface area contributed by atoms with E-state index >= 15 is 0 Å². The monoisotopic (exact) mass is 316 g/mol. The van der Waals surface area contributed by atoms with Crippen LogP contribution in [0.1, 0.15) is 50.4 Å². The highest BCUT2D eigenvalue weighted by molar-refractivity contribution is 7.09. The molecule has 0 bridgehead atoms. The number of hydrogen-bond donors (Lipinski definition) is 1. The molecule has 1 aliphatic rings. The summed E-state index contributed by atoms with van der Waals surface area (Å²) < 4.78 is 0. The molecule has 2 amide bonds. The molecule has 6 nitrogen and oxygen atoms in total. The van der Waals surface area contributed by atoms with Gasteiger partial charge in [0.15, 0.2) is 0 Å². The molecule has 2 aromatic rings. The van der Waals surface area contributed by atoms with Gasteiger partial charge in [0.1, 0.15) is 10.7 Å². The number of hydrogen-bond acceptors (Lipinski definition) is 5. The number of carbonyl (C=O) groups is 2. The summed E-state index contributed by atoms with van der Waals surface area (Å²) in [6.45, 7) is 2.61. The summed E-state index contributed by atoms with van der Waals surface area (Å²) in [5.41, 5.74) is 6.76. The molecule has 1 atom stereocenters. The molecule has 1 fully saturated rings. The Hall–Kier alpha value is -2.28. The lowest BCUT2D eigenvalue weighted by atomic mass is 10.2. The third kappa shape index (κ3) is 2.71. The zero-order valence-corrected chi connectivity index (χ0v) is 13.0. The molecule has 2 N–H and O–H groups in total. The van der Waals surface area contributed by atoms with Crippen molar-refractivity contribution >= 4 is 23.2 Å². The molecule has 0 aromatic carbocycles. The summed E-state index contributed by atoms with van der Waals surface area (Å²) in [5.74, 6) is -0.747. The quantitative estimate of drug-likeness (QED) is 0.937. The minimum absolute atomic E-state index is 0.00904. The maximum Gasteiger partial charge on any atom is 0.273 e. The number of aryl methyl sites for hydroxylation is 1. The van der Waals surface area contributed by atoms with Crippen molar-refractivity contribution in [2.24, 2.45) is 5.73 Å². The van der Waals surface area contributed by atoms with Crippen molar-refractivity contribution in [3.8, 4) is 0 Å². The van der Waals surface area contributed by atoms with Gasteiger partial charge in [-0.05, 0) is 31.9 Å². The molecular weight excluding hydrogens is 300 g/mol. The topological polar surface area (TPSA) is 89.2 Å². The Bertz CT molecular complexity index is 728. The number of aromatic nitrogens is 2. The number of amides is 2. The van der Waals surface area contributed by atoms with Gasteiger partial charge in [0.25, 0.3) is 5.91 Å². The van der Waals surface area contributed by atoms with Crippen molar-refractivity contribution in [1.82, 2.24) is 14.9 Å². The van der Waals surface area contributed by atoms with E-state index in [0.717, 1.165) is 23.5 Å². The van der Waals surface area contributed by atoms with Crippen LogP contribution in [0.4, 0.5) is 0 Å². The van der Waals surface area contributed by atoms with Crippen molar-refractivity contribution in [3.63, 3.8) is 0 Å². The molecule has 22 heavy (non-hydrogen) atoms. The average Bonchev–Trinajstić information content (AvgIpc) is 3.15. The van der Waals surface area contributed by atoms with E-state index in [4.69, 9.17) is 5.73 Å². The second-order valence-electron chi connectivity index (χ2n) is 5.28. The lowest BCUT2D eigenvalue weighted by molar-refractivity contribution is 0.0729. The number of thiazole rings is 1. The first kappa shape index (κ1) is 14.6. The van der Waals surface area contributed by atoms with E-state index in [2.05, 4.69) is 9.97 Å². The van der Waals surface area contributed by atoms with Crippen LogP contribution in [0.25, 0.3) is 0 Å². The SMILES string of the molecule is Cc1csc(C2CCCN2C(=O)c2cc(C(N)=O)ccn2)n1. The van der Waals surface area contributed by atoms with Gasteiger partial charge in [0.2, 0.25) is 5.91 Å². The van der Waals surface area contributed by atoms with Gasteiger partial charge < -0.3 is 10.6 Å². The van der Waals surface area contributed by atoms with Crippen molar-refractivity contribution in [2.75, 3.05) is 6.54 Å². The molecule has 2 aromatic heterocycles. The van der Waals surface area contributed by atoms with Crippen LogP contribution >= 0.6 is 11.3 Å². The Kier molecular flexibility index (Phi) is 3.89. The number of nitrogens with two attached hydrogens (primary N) is 1. The fourth-order valence-electron chi connectivity index (χ4n) is 2.64. The fourth-order valence-corrected chi connectivity index (χ4v) is 3.58. The van der Waals surface area contributed by atoms with E-state index in [-0.39, 0.29) is 17.6 Å². The molecule has 0 spiro atoms. The van der Waals surface area contributed by atoms with Gasteiger partial charge in [-0.1, -0.05) is 0 Å². The molecular formula is C15H16N4O2S. The first-order valence-electron chi connectivity index (χ1n) is 7.05. The van der Waals surface area contributed by atoms with Gasteiger partial charge in [-0.2, -0.15) is 0 Å². The number of primary amides is 1. The summed E-state index contributed by atoms with van der Waals surface area (Å²) in [7, 11) is 0. The Morgan fingerprint density at radius 1 is 1.45 bits per heavy atom. The number of carbonyl (C=O) groups excluding carboxylic acids is 2. The van der Waals surface area contributed by atoms with Gasteiger partial charge >= 0.3 is 0 Å². The zero-order chi connectivity index (χ0) is 15.7. The summed E-state index contributed by atoms with van der Waals surface area (Å²) in [6, 6.07) is 2.95. The number of rotatable bonds is 3. The molecule has 0 radical (unpaired) electrons. The van der Waals surface area contributed by atoms with Crippen LogP contribution < -0.4 is 5.73 Å². The van der Waals surface area contributed by atoms with E-state index < -0.39 is 5.91 Å². The van der Waals surface area contributed by atoms with E-state index in [1.165, 1.54) is 18.3 Å². The normalized spacial score (nSPS) is 17.7. The smallest absolute Gasteiger partial charge is 0.273 e. The summed E-state index contributed by atoms with van der Waals surface area (Å²) in [6.07, 6.45) is 3.27. The molecule has 3 heterocycles. The highest BCUT2D eigenvalue weighted by atomic mass is 32.1. The second-order valence-corrected chi connectivity index (χ2v) is 6.17. The number of likely N-dealkylation sites (tertiary alicyclic amines) is 1. The second kappa shape index (κ2) is 5.84. The largest absolute Gasteiger partial charge is 0.366 e. The maximum absolute atomic E-state index is 12.7. The molecule has 114 valence electrons. The van der Waals surface area contributed by atoms with Gasteiger partial charge in [-0.15, -0.1) is 11.3 Å². The zero-order valence-electron chi connectivity index (χ0n) is 12.2. The Morgan fingerprint density at radius 3 is 2.95 bits per heavy atom. The van der Waals surface area contributed by atoms with E-state index in [9.17, 15) is 9.59 Å². The maximum atomic E-state index is 12.7. The van der Waals surface area contributed by atoms with Crippen molar-refractivity contribution in [3.05, 3.63) is 45.7 Å². The first-order chi connectivity index (χ1) is 10.6. The van der Waals surface area contributed by atoms with Gasteiger partial charge in [0.05, 0.1) is 6.04 Å². The molecule has 3 rings (SSSR count). The highest BCUT2D eigenvalue weighted by Gasteiger charge is 2.33. The Labute approximate surface area is 132 Å². The minimum Gasteiger partial charge on any atom is -0.366 e. The molecule has 7 heteroatoms. The molecule has 1 unspecified atom stereocenters. The molecule has 0 aliphatic carbocycles. The van der Waals surface area contributed by atoms with Crippen molar-refractivity contribution in [2.45, 2.75) is 25.8 Å². The minimum atomic E-state index is -0.565.